The van der Waals surface area contributed by atoms with E-state index in [4.69, 9.17) is 11.6 Å². The van der Waals surface area contributed by atoms with Crippen molar-refractivity contribution in [2.75, 3.05) is 0 Å². The monoisotopic (exact) mass is 263 g/mol. The molecule has 1 aromatic rings. The Bertz CT molecular complexity index is 409. The highest BCUT2D eigenvalue weighted by Gasteiger charge is 2.46. The molecule has 1 spiro atoms. The van der Waals surface area contributed by atoms with E-state index in [0.717, 1.165) is 17.6 Å². The van der Waals surface area contributed by atoms with Crippen LogP contribution < -0.4 is 5.32 Å². The molecule has 2 fully saturated rings. The van der Waals surface area contributed by atoms with Gasteiger partial charge in [-0.25, -0.2) is 0 Å². The van der Waals surface area contributed by atoms with E-state index in [0.29, 0.717) is 5.41 Å². The zero-order chi connectivity index (χ0) is 12.4. The fraction of sp³-hybridized carbons (Fsp3) is 0.625. The Balaban J connectivity index is 1.57. The highest BCUT2D eigenvalue weighted by Crippen LogP contribution is 2.51. The van der Waals surface area contributed by atoms with E-state index in [2.05, 4.69) is 17.4 Å². The first-order chi connectivity index (χ1) is 8.78. The lowest BCUT2D eigenvalue weighted by Crippen LogP contribution is -2.53. The van der Waals surface area contributed by atoms with Crippen LogP contribution in [0.25, 0.3) is 0 Å². The van der Waals surface area contributed by atoms with Crippen LogP contribution in [-0.2, 0) is 6.54 Å². The molecule has 2 aliphatic carbocycles. The summed E-state index contributed by atoms with van der Waals surface area (Å²) in [5.41, 5.74) is 1.96. The second kappa shape index (κ2) is 5.22. The van der Waals surface area contributed by atoms with Crippen molar-refractivity contribution in [2.24, 2.45) is 5.41 Å². The van der Waals surface area contributed by atoms with E-state index >= 15 is 0 Å². The Labute approximate surface area is 115 Å². The van der Waals surface area contributed by atoms with Gasteiger partial charge in [0.1, 0.15) is 0 Å². The van der Waals surface area contributed by atoms with Crippen LogP contribution in [0.4, 0.5) is 0 Å². The highest BCUT2D eigenvalue weighted by atomic mass is 35.5. The third kappa shape index (κ3) is 2.44. The molecule has 0 bridgehead atoms. The number of benzene rings is 1. The minimum atomic E-state index is 0.650. The first-order valence-corrected chi connectivity index (χ1v) is 7.64. The minimum Gasteiger partial charge on any atom is -0.309 e. The van der Waals surface area contributed by atoms with Gasteiger partial charge in [0.05, 0.1) is 0 Å². The molecule has 0 radical (unpaired) electrons. The molecule has 2 heteroatoms. The Morgan fingerprint density at radius 2 is 2.00 bits per heavy atom. The molecule has 1 nitrogen and oxygen atoms in total. The lowest BCUT2D eigenvalue weighted by Gasteiger charge is -2.52. The third-order valence-electron chi connectivity index (χ3n) is 4.96. The summed E-state index contributed by atoms with van der Waals surface area (Å²) in [6.45, 7) is 0.965. The summed E-state index contributed by atoms with van der Waals surface area (Å²) in [6, 6.07) is 8.95. The lowest BCUT2D eigenvalue weighted by molar-refractivity contribution is 0.0221. The quantitative estimate of drug-likeness (QED) is 0.844. The number of hydrogen-bond donors (Lipinski definition) is 1. The lowest BCUT2D eigenvalue weighted by atomic mass is 9.57. The molecule has 0 heterocycles. The molecule has 2 saturated carbocycles. The van der Waals surface area contributed by atoms with Gasteiger partial charge >= 0.3 is 0 Å². The van der Waals surface area contributed by atoms with Crippen molar-refractivity contribution < 1.29 is 0 Å². The first-order valence-electron chi connectivity index (χ1n) is 7.26. The molecule has 1 N–H and O–H groups in total. The molecule has 2 aliphatic rings. The number of rotatable bonds is 3. The SMILES string of the molecule is Clc1cccc(CN[C@H]2CCC23CCCCC3)c1. The van der Waals surface area contributed by atoms with Crippen LogP contribution in [0, 0.1) is 5.41 Å². The summed E-state index contributed by atoms with van der Waals surface area (Å²) in [6.07, 6.45) is 10.0. The van der Waals surface area contributed by atoms with Gasteiger partial charge in [-0.2, -0.15) is 0 Å². The summed E-state index contributed by atoms with van der Waals surface area (Å²) in [7, 11) is 0. The number of halogens is 1. The van der Waals surface area contributed by atoms with E-state index in [-0.39, 0.29) is 0 Å². The normalized spacial score (nSPS) is 25.9. The highest BCUT2D eigenvalue weighted by molar-refractivity contribution is 6.30. The predicted molar refractivity (Wildman–Crippen MR) is 76.8 cm³/mol. The van der Waals surface area contributed by atoms with Crippen molar-refractivity contribution in [3.8, 4) is 0 Å². The molecule has 0 unspecified atom stereocenters. The number of nitrogens with one attached hydrogen (secondary N) is 1. The van der Waals surface area contributed by atoms with Gasteiger partial charge in [0.15, 0.2) is 0 Å². The van der Waals surface area contributed by atoms with Crippen LogP contribution in [0.2, 0.25) is 5.02 Å². The molecule has 98 valence electrons. The molecule has 1 aromatic carbocycles. The summed E-state index contributed by atoms with van der Waals surface area (Å²) in [4.78, 5) is 0. The van der Waals surface area contributed by atoms with Crippen LogP contribution in [0.3, 0.4) is 0 Å². The van der Waals surface area contributed by atoms with Crippen molar-refractivity contribution in [1.82, 2.24) is 5.32 Å². The fourth-order valence-corrected chi connectivity index (χ4v) is 3.97. The predicted octanol–water partition coefficient (Wildman–Crippen LogP) is 4.54. The largest absolute Gasteiger partial charge is 0.309 e. The van der Waals surface area contributed by atoms with Gasteiger partial charge < -0.3 is 5.32 Å². The molecule has 18 heavy (non-hydrogen) atoms. The van der Waals surface area contributed by atoms with E-state index in [1.165, 1.54) is 50.5 Å². The molecule has 3 rings (SSSR count). The maximum absolute atomic E-state index is 6.02. The van der Waals surface area contributed by atoms with Crippen LogP contribution in [0.15, 0.2) is 24.3 Å². The average Bonchev–Trinajstić information content (AvgIpc) is 2.39. The van der Waals surface area contributed by atoms with Gasteiger partial charge in [0, 0.05) is 17.6 Å². The molecule has 1 atom stereocenters. The standard InChI is InChI=1S/C16H22ClN/c17-14-6-4-5-13(11-14)12-18-15-7-10-16(15)8-2-1-3-9-16/h4-6,11,15,18H,1-3,7-10,12H2/t15-/m0/s1. The third-order valence-corrected chi connectivity index (χ3v) is 5.20. The molecular weight excluding hydrogens is 242 g/mol. The Kier molecular flexibility index (Phi) is 3.63. The maximum Gasteiger partial charge on any atom is 0.0409 e. The zero-order valence-corrected chi connectivity index (χ0v) is 11.7. The van der Waals surface area contributed by atoms with Gasteiger partial charge in [-0.15, -0.1) is 0 Å². The van der Waals surface area contributed by atoms with Crippen molar-refractivity contribution in [1.29, 1.82) is 0 Å². The van der Waals surface area contributed by atoms with Crippen LogP contribution in [0.5, 0.6) is 0 Å². The minimum absolute atomic E-state index is 0.650. The van der Waals surface area contributed by atoms with Crippen LogP contribution in [-0.4, -0.2) is 6.04 Å². The molecular formula is C16H22ClN. The van der Waals surface area contributed by atoms with Gasteiger partial charge in [-0.05, 0) is 48.8 Å². The topological polar surface area (TPSA) is 12.0 Å². The summed E-state index contributed by atoms with van der Waals surface area (Å²) in [5, 5.41) is 4.61. The second-order valence-electron chi connectivity index (χ2n) is 6.03. The Hall–Kier alpha value is -0.530. The average molecular weight is 264 g/mol. The molecule has 0 saturated heterocycles. The maximum atomic E-state index is 6.02. The van der Waals surface area contributed by atoms with Crippen molar-refractivity contribution >= 4 is 11.6 Å². The van der Waals surface area contributed by atoms with Crippen LogP contribution in [0.1, 0.15) is 50.5 Å². The molecule has 0 aromatic heterocycles. The first kappa shape index (κ1) is 12.5. The number of hydrogen-bond acceptors (Lipinski definition) is 1. The summed E-state index contributed by atoms with van der Waals surface area (Å²) >= 11 is 6.02. The van der Waals surface area contributed by atoms with E-state index in [9.17, 15) is 0 Å². The van der Waals surface area contributed by atoms with E-state index < -0.39 is 0 Å². The summed E-state index contributed by atoms with van der Waals surface area (Å²) < 4.78 is 0. The Morgan fingerprint density at radius 3 is 2.67 bits per heavy atom. The van der Waals surface area contributed by atoms with E-state index in [1.807, 2.05) is 12.1 Å². The smallest absolute Gasteiger partial charge is 0.0409 e. The van der Waals surface area contributed by atoms with Crippen molar-refractivity contribution in [3.05, 3.63) is 34.9 Å². The summed E-state index contributed by atoms with van der Waals surface area (Å²) in [5.74, 6) is 0. The fourth-order valence-electron chi connectivity index (χ4n) is 3.76. The Morgan fingerprint density at radius 1 is 1.17 bits per heavy atom. The van der Waals surface area contributed by atoms with Crippen molar-refractivity contribution in [3.63, 3.8) is 0 Å². The molecule has 0 aliphatic heterocycles. The zero-order valence-electron chi connectivity index (χ0n) is 10.9. The van der Waals surface area contributed by atoms with Crippen LogP contribution >= 0.6 is 11.6 Å². The van der Waals surface area contributed by atoms with E-state index in [1.54, 1.807) is 0 Å². The van der Waals surface area contributed by atoms with Crippen molar-refractivity contribution in [2.45, 2.75) is 57.5 Å². The molecule has 0 amide bonds. The van der Waals surface area contributed by atoms with Gasteiger partial charge in [-0.3, -0.25) is 0 Å². The van der Waals surface area contributed by atoms with Gasteiger partial charge in [0.25, 0.3) is 0 Å². The van der Waals surface area contributed by atoms with Gasteiger partial charge in [0.2, 0.25) is 0 Å². The second-order valence-corrected chi connectivity index (χ2v) is 6.46. The van der Waals surface area contributed by atoms with Gasteiger partial charge in [-0.1, -0.05) is 43.0 Å².